The Kier molecular flexibility index (Phi) is 7.12. The Morgan fingerprint density at radius 3 is 2.00 bits per heavy atom. The Morgan fingerprint density at radius 2 is 1.62 bits per heavy atom. The number of hydrogen-bond acceptors (Lipinski definition) is 4. The van der Waals surface area contributed by atoms with Crippen LogP contribution >= 0.6 is 0 Å². The highest BCUT2D eigenvalue weighted by Gasteiger charge is 2.51. The molecule has 0 spiro atoms. The minimum absolute atomic E-state index is 0.0406. The number of hydrogen-bond donors (Lipinski definition) is 1. The van der Waals surface area contributed by atoms with Crippen molar-refractivity contribution in [2.24, 2.45) is 5.92 Å². The van der Waals surface area contributed by atoms with Crippen molar-refractivity contribution in [3.05, 3.63) is 29.8 Å². The molecule has 26 heavy (non-hydrogen) atoms. The van der Waals surface area contributed by atoms with Gasteiger partial charge in [-0.25, -0.2) is 9.59 Å². The van der Waals surface area contributed by atoms with Crippen LogP contribution in [0.15, 0.2) is 24.3 Å². The van der Waals surface area contributed by atoms with Crippen LogP contribution < -0.4 is 4.74 Å². The summed E-state index contributed by atoms with van der Waals surface area (Å²) in [4.78, 5) is 22.9. The van der Waals surface area contributed by atoms with Crippen molar-refractivity contribution in [2.45, 2.75) is 65.1 Å². The second kappa shape index (κ2) is 8.47. The number of ether oxygens (including phenoxy) is 2. The molecule has 1 N–H and O–H groups in total. The molecule has 0 amide bonds. The summed E-state index contributed by atoms with van der Waals surface area (Å²) in [5, 5.41) is 8.68. The highest BCUT2D eigenvalue weighted by Crippen LogP contribution is 2.29. The van der Waals surface area contributed by atoms with Gasteiger partial charge in [-0.3, -0.25) is 0 Å². The first-order valence-corrected chi connectivity index (χ1v) is 8.58. The van der Waals surface area contributed by atoms with Crippen LogP contribution in [0, 0.1) is 5.92 Å². The largest absolute Gasteiger partial charge is 0.488 e. The van der Waals surface area contributed by atoms with E-state index in [1.807, 2.05) is 20.8 Å². The lowest BCUT2D eigenvalue weighted by Crippen LogP contribution is -2.47. The average Bonchev–Trinajstić information content (AvgIpc) is 2.59. The molecule has 146 valence electrons. The summed E-state index contributed by atoms with van der Waals surface area (Å²) in [5.41, 5.74) is -0.298. The summed E-state index contributed by atoms with van der Waals surface area (Å²) in [7, 11) is 0. The predicted molar refractivity (Wildman–Crippen MR) is 92.7 cm³/mol. The molecule has 0 bridgehead atoms. The first-order valence-electron chi connectivity index (χ1n) is 8.58. The maximum atomic E-state index is 13.8. The van der Waals surface area contributed by atoms with Crippen LogP contribution in [-0.4, -0.2) is 34.7 Å². The van der Waals surface area contributed by atoms with Crippen molar-refractivity contribution in [3.8, 4) is 5.75 Å². The van der Waals surface area contributed by atoms with E-state index in [9.17, 15) is 18.4 Å². The highest BCUT2D eigenvalue weighted by atomic mass is 19.3. The Hall–Kier alpha value is -2.18. The quantitative estimate of drug-likeness (QED) is 0.644. The molecule has 0 heterocycles. The molecular formula is C19H26F2O5. The van der Waals surface area contributed by atoms with E-state index in [1.165, 1.54) is 26.0 Å². The normalized spacial score (nSPS) is 13.4. The van der Waals surface area contributed by atoms with Crippen molar-refractivity contribution in [1.29, 1.82) is 0 Å². The third kappa shape index (κ3) is 5.16. The number of esters is 1. The molecule has 0 saturated carbocycles. The van der Waals surface area contributed by atoms with E-state index >= 15 is 0 Å². The van der Waals surface area contributed by atoms with E-state index < -0.39 is 29.9 Å². The van der Waals surface area contributed by atoms with Gasteiger partial charge in [-0.1, -0.05) is 27.7 Å². The van der Waals surface area contributed by atoms with Gasteiger partial charge >= 0.3 is 17.9 Å². The Morgan fingerprint density at radius 1 is 1.12 bits per heavy atom. The fourth-order valence-corrected chi connectivity index (χ4v) is 2.27. The fraction of sp³-hybridized carbons (Fsp3) is 0.579. The van der Waals surface area contributed by atoms with Crippen LogP contribution in [0.5, 0.6) is 5.75 Å². The number of carboxylic acids is 1. The Balaban J connectivity index is 2.92. The molecule has 1 aromatic carbocycles. The third-order valence-electron chi connectivity index (χ3n) is 4.43. The van der Waals surface area contributed by atoms with E-state index in [4.69, 9.17) is 14.6 Å². The molecular weight excluding hydrogens is 346 g/mol. The molecule has 0 aliphatic rings. The molecule has 7 heteroatoms. The van der Waals surface area contributed by atoms with Gasteiger partial charge in [0.1, 0.15) is 11.4 Å². The standard InChI is InChI=1S/C19H26F2O5/c1-6-18(5,7-2)26-14-10-8-13(9-11-14)16(22)25-15(12(3)4)19(20,21)17(23)24/h8-12,15H,6-7H2,1-5H3,(H,23,24). The molecule has 5 nitrogen and oxygen atoms in total. The van der Waals surface area contributed by atoms with Gasteiger partial charge in [-0.2, -0.15) is 8.78 Å². The minimum atomic E-state index is -4.17. The summed E-state index contributed by atoms with van der Waals surface area (Å²) in [6.07, 6.45) is -0.465. The SMILES string of the molecule is CCC(C)(CC)Oc1ccc(C(=O)OC(C(C)C)C(F)(F)C(=O)O)cc1. The third-order valence-corrected chi connectivity index (χ3v) is 4.43. The molecule has 0 aliphatic heterocycles. The average molecular weight is 372 g/mol. The van der Waals surface area contributed by atoms with Gasteiger partial charge in [-0.05, 0) is 49.9 Å². The van der Waals surface area contributed by atoms with E-state index in [-0.39, 0.29) is 11.2 Å². The van der Waals surface area contributed by atoms with Crippen molar-refractivity contribution in [3.63, 3.8) is 0 Å². The number of alkyl halides is 2. The van der Waals surface area contributed by atoms with E-state index in [0.29, 0.717) is 5.75 Å². The summed E-state index contributed by atoms with van der Waals surface area (Å²) in [5.74, 6) is -7.83. The van der Waals surface area contributed by atoms with Crippen LogP contribution in [0.2, 0.25) is 0 Å². The Bertz CT molecular complexity index is 621. The van der Waals surface area contributed by atoms with Crippen molar-refractivity contribution >= 4 is 11.9 Å². The van der Waals surface area contributed by atoms with Gasteiger partial charge in [0, 0.05) is 0 Å². The second-order valence-electron chi connectivity index (χ2n) is 6.78. The predicted octanol–water partition coefficient (Wildman–Crippen LogP) is 4.55. The summed E-state index contributed by atoms with van der Waals surface area (Å²) in [6, 6.07) is 5.92. The summed E-state index contributed by atoms with van der Waals surface area (Å²) < 4.78 is 38.2. The molecule has 0 aromatic heterocycles. The topological polar surface area (TPSA) is 72.8 Å². The summed E-state index contributed by atoms with van der Waals surface area (Å²) >= 11 is 0. The second-order valence-corrected chi connectivity index (χ2v) is 6.78. The van der Waals surface area contributed by atoms with Crippen molar-refractivity contribution in [1.82, 2.24) is 0 Å². The van der Waals surface area contributed by atoms with Crippen LogP contribution in [0.1, 0.15) is 57.8 Å². The number of aliphatic carboxylic acids is 1. The zero-order chi connectivity index (χ0) is 20.1. The minimum Gasteiger partial charge on any atom is -0.488 e. The zero-order valence-electron chi connectivity index (χ0n) is 15.7. The van der Waals surface area contributed by atoms with Crippen molar-refractivity contribution in [2.75, 3.05) is 0 Å². The molecule has 1 rings (SSSR count). The molecule has 0 radical (unpaired) electrons. The first kappa shape index (κ1) is 21.9. The van der Waals surface area contributed by atoms with E-state index in [0.717, 1.165) is 12.8 Å². The number of halogens is 2. The number of benzene rings is 1. The van der Waals surface area contributed by atoms with Gasteiger partial charge in [0.15, 0.2) is 6.10 Å². The van der Waals surface area contributed by atoms with Gasteiger partial charge in [-0.15, -0.1) is 0 Å². The zero-order valence-corrected chi connectivity index (χ0v) is 15.7. The molecule has 1 aromatic rings. The molecule has 0 fully saturated rings. The summed E-state index contributed by atoms with van der Waals surface area (Å²) in [6.45, 7) is 8.70. The smallest absolute Gasteiger partial charge is 0.378 e. The van der Waals surface area contributed by atoms with Gasteiger partial charge in [0.2, 0.25) is 0 Å². The molecule has 0 aliphatic carbocycles. The van der Waals surface area contributed by atoms with E-state index in [1.54, 1.807) is 12.1 Å². The van der Waals surface area contributed by atoms with Gasteiger partial charge < -0.3 is 14.6 Å². The molecule has 1 unspecified atom stereocenters. The number of carbonyl (C=O) groups is 2. The lowest BCUT2D eigenvalue weighted by Gasteiger charge is -2.28. The van der Waals surface area contributed by atoms with Crippen LogP contribution in [-0.2, 0) is 9.53 Å². The van der Waals surface area contributed by atoms with Crippen LogP contribution in [0.25, 0.3) is 0 Å². The number of rotatable bonds is 9. The monoisotopic (exact) mass is 372 g/mol. The first-order chi connectivity index (χ1) is 12.0. The molecule has 1 atom stereocenters. The van der Waals surface area contributed by atoms with Crippen molar-refractivity contribution < 1.29 is 33.0 Å². The molecule has 0 saturated heterocycles. The number of carboxylic acid groups (broad SMARTS) is 1. The van der Waals surface area contributed by atoms with Crippen LogP contribution in [0.4, 0.5) is 8.78 Å². The maximum Gasteiger partial charge on any atom is 0.378 e. The number of carbonyl (C=O) groups excluding carboxylic acids is 1. The fourth-order valence-electron chi connectivity index (χ4n) is 2.27. The lowest BCUT2D eigenvalue weighted by atomic mass is 10.00. The van der Waals surface area contributed by atoms with Gasteiger partial charge in [0.25, 0.3) is 0 Å². The Labute approximate surface area is 152 Å². The highest BCUT2D eigenvalue weighted by molar-refractivity contribution is 5.90. The maximum absolute atomic E-state index is 13.8. The van der Waals surface area contributed by atoms with Crippen LogP contribution in [0.3, 0.4) is 0 Å². The van der Waals surface area contributed by atoms with E-state index in [2.05, 4.69) is 0 Å². The lowest BCUT2D eigenvalue weighted by molar-refractivity contribution is -0.187. The van der Waals surface area contributed by atoms with Gasteiger partial charge in [0.05, 0.1) is 5.56 Å².